The highest BCUT2D eigenvalue weighted by atomic mass is 35.5. The molecule has 0 aliphatic heterocycles. The maximum atomic E-state index is 12.0. The molecule has 0 radical (unpaired) electrons. The Bertz CT molecular complexity index is 362. The van der Waals surface area contributed by atoms with Crippen LogP contribution in [0.15, 0.2) is 29.2 Å². The Morgan fingerprint density at radius 1 is 0.895 bits per heavy atom. The molecular formula is C16H25ClOS. The zero-order valence-electron chi connectivity index (χ0n) is 11.9. The van der Waals surface area contributed by atoms with Gasteiger partial charge in [0.15, 0.2) is 0 Å². The summed E-state index contributed by atoms with van der Waals surface area (Å²) in [5.41, 5.74) is 0. The smallest absolute Gasteiger partial charge is 0.0529 e. The molecule has 0 spiro atoms. The number of rotatable bonds is 10. The molecule has 1 atom stereocenters. The molecule has 1 unspecified atom stereocenters. The Balaban J connectivity index is 2.06. The summed E-state index contributed by atoms with van der Waals surface area (Å²) in [6, 6.07) is 7.34. The van der Waals surface area contributed by atoms with Crippen molar-refractivity contribution in [2.75, 3.05) is 5.75 Å². The van der Waals surface area contributed by atoms with Gasteiger partial charge in [-0.15, -0.1) is 0 Å². The molecule has 0 saturated heterocycles. The molecule has 19 heavy (non-hydrogen) atoms. The van der Waals surface area contributed by atoms with E-state index in [2.05, 4.69) is 6.92 Å². The molecule has 0 aliphatic rings. The molecule has 1 aromatic carbocycles. The van der Waals surface area contributed by atoms with Crippen LogP contribution < -0.4 is 0 Å². The minimum Gasteiger partial charge on any atom is -0.254 e. The number of unbranched alkanes of at least 4 members (excludes halogenated alkanes) is 7. The second-order valence-corrected chi connectivity index (χ2v) is 6.99. The highest BCUT2D eigenvalue weighted by Gasteiger charge is 2.03. The summed E-state index contributed by atoms with van der Waals surface area (Å²) in [5.74, 6) is 0.774. The van der Waals surface area contributed by atoms with E-state index < -0.39 is 10.8 Å². The van der Waals surface area contributed by atoms with Crippen molar-refractivity contribution in [3.05, 3.63) is 29.3 Å². The summed E-state index contributed by atoms with van der Waals surface area (Å²) < 4.78 is 12.0. The summed E-state index contributed by atoms with van der Waals surface area (Å²) in [7, 11) is -0.861. The van der Waals surface area contributed by atoms with Crippen molar-refractivity contribution in [1.82, 2.24) is 0 Å². The van der Waals surface area contributed by atoms with Crippen LogP contribution in [-0.4, -0.2) is 9.96 Å². The number of benzene rings is 1. The Kier molecular flexibility index (Phi) is 9.19. The first-order valence-corrected chi connectivity index (χ1v) is 9.07. The fraction of sp³-hybridized carbons (Fsp3) is 0.625. The zero-order valence-corrected chi connectivity index (χ0v) is 13.4. The lowest BCUT2D eigenvalue weighted by atomic mass is 10.1. The van der Waals surface area contributed by atoms with E-state index in [0.717, 1.165) is 17.1 Å². The largest absolute Gasteiger partial charge is 0.254 e. The van der Waals surface area contributed by atoms with E-state index in [1.54, 1.807) is 0 Å². The summed E-state index contributed by atoms with van der Waals surface area (Å²) in [6.07, 6.45) is 10.3. The maximum absolute atomic E-state index is 12.0. The van der Waals surface area contributed by atoms with Crippen LogP contribution in [0.4, 0.5) is 0 Å². The third-order valence-corrected chi connectivity index (χ3v) is 4.97. The lowest BCUT2D eigenvalue weighted by Crippen LogP contribution is -1.98. The molecule has 0 aliphatic carbocycles. The quantitative estimate of drug-likeness (QED) is 0.515. The summed E-state index contributed by atoms with van der Waals surface area (Å²) in [6.45, 7) is 2.24. The lowest BCUT2D eigenvalue weighted by Gasteiger charge is -2.03. The van der Waals surface area contributed by atoms with Gasteiger partial charge in [-0.25, -0.2) is 0 Å². The van der Waals surface area contributed by atoms with Gasteiger partial charge in [0, 0.05) is 15.7 Å². The Hall–Kier alpha value is -0.340. The van der Waals surface area contributed by atoms with Crippen molar-refractivity contribution in [2.45, 2.75) is 63.2 Å². The number of halogens is 1. The second kappa shape index (κ2) is 10.4. The number of hydrogen-bond acceptors (Lipinski definition) is 1. The van der Waals surface area contributed by atoms with Crippen LogP contribution in [0.2, 0.25) is 5.02 Å². The molecule has 0 amide bonds. The topological polar surface area (TPSA) is 17.1 Å². The van der Waals surface area contributed by atoms with E-state index in [0.29, 0.717) is 5.02 Å². The Morgan fingerprint density at radius 3 is 2.00 bits per heavy atom. The van der Waals surface area contributed by atoms with Crippen LogP contribution in [-0.2, 0) is 10.8 Å². The van der Waals surface area contributed by atoms with Gasteiger partial charge >= 0.3 is 0 Å². The van der Waals surface area contributed by atoms with Crippen molar-refractivity contribution < 1.29 is 4.21 Å². The van der Waals surface area contributed by atoms with Gasteiger partial charge in [-0.2, -0.15) is 0 Å². The molecule has 0 heterocycles. The fourth-order valence-corrected chi connectivity index (χ4v) is 3.34. The third-order valence-electron chi connectivity index (χ3n) is 3.26. The van der Waals surface area contributed by atoms with E-state index in [-0.39, 0.29) is 0 Å². The van der Waals surface area contributed by atoms with E-state index in [1.165, 1.54) is 44.9 Å². The van der Waals surface area contributed by atoms with Crippen LogP contribution >= 0.6 is 11.6 Å². The maximum Gasteiger partial charge on any atom is 0.0529 e. The first-order valence-electron chi connectivity index (χ1n) is 7.38. The van der Waals surface area contributed by atoms with Crippen LogP contribution in [0.5, 0.6) is 0 Å². The number of hydrogen-bond donors (Lipinski definition) is 0. The SMILES string of the molecule is CCCCCCCCCCS(=O)c1ccc(Cl)cc1. The van der Waals surface area contributed by atoms with Gasteiger partial charge in [0.25, 0.3) is 0 Å². The molecular weight excluding hydrogens is 276 g/mol. The molecule has 0 saturated carbocycles. The van der Waals surface area contributed by atoms with Crippen LogP contribution in [0, 0.1) is 0 Å². The van der Waals surface area contributed by atoms with Crippen LogP contribution in [0.25, 0.3) is 0 Å². The van der Waals surface area contributed by atoms with Crippen molar-refractivity contribution >= 4 is 22.4 Å². The summed E-state index contributed by atoms with van der Waals surface area (Å²) >= 11 is 5.82. The van der Waals surface area contributed by atoms with Gasteiger partial charge in [-0.1, -0.05) is 63.5 Å². The first kappa shape index (κ1) is 16.7. The molecule has 3 heteroatoms. The van der Waals surface area contributed by atoms with E-state index in [1.807, 2.05) is 24.3 Å². The van der Waals surface area contributed by atoms with Gasteiger partial charge in [0.05, 0.1) is 10.8 Å². The minimum atomic E-state index is -0.861. The van der Waals surface area contributed by atoms with Crippen molar-refractivity contribution in [3.8, 4) is 0 Å². The molecule has 108 valence electrons. The van der Waals surface area contributed by atoms with Gasteiger partial charge < -0.3 is 0 Å². The van der Waals surface area contributed by atoms with E-state index in [4.69, 9.17) is 11.6 Å². The van der Waals surface area contributed by atoms with E-state index >= 15 is 0 Å². The van der Waals surface area contributed by atoms with Crippen LogP contribution in [0.1, 0.15) is 58.3 Å². The Morgan fingerprint density at radius 2 is 1.42 bits per heavy atom. The Labute approximate surface area is 125 Å². The van der Waals surface area contributed by atoms with Gasteiger partial charge in [-0.05, 0) is 30.7 Å². The molecule has 0 N–H and O–H groups in total. The molecule has 1 aromatic rings. The van der Waals surface area contributed by atoms with Crippen molar-refractivity contribution in [3.63, 3.8) is 0 Å². The van der Waals surface area contributed by atoms with Crippen LogP contribution in [0.3, 0.4) is 0 Å². The predicted molar refractivity (Wildman–Crippen MR) is 85.3 cm³/mol. The average molecular weight is 301 g/mol. The highest BCUT2D eigenvalue weighted by molar-refractivity contribution is 7.85. The molecule has 1 nitrogen and oxygen atoms in total. The second-order valence-electron chi connectivity index (χ2n) is 4.98. The molecule has 1 rings (SSSR count). The summed E-state index contributed by atoms with van der Waals surface area (Å²) in [5, 5.41) is 0.702. The average Bonchev–Trinajstić information content (AvgIpc) is 2.42. The third kappa shape index (κ3) is 7.74. The van der Waals surface area contributed by atoms with Gasteiger partial charge in [0.2, 0.25) is 0 Å². The minimum absolute atomic E-state index is 0.702. The van der Waals surface area contributed by atoms with Gasteiger partial charge in [-0.3, -0.25) is 4.21 Å². The molecule has 0 bridgehead atoms. The normalized spacial score (nSPS) is 12.5. The monoisotopic (exact) mass is 300 g/mol. The standard InChI is InChI=1S/C16H25ClOS/c1-2-3-4-5-6-7-8-9-14-19(18)16-12-10-15(17)11-13-16/h10-13H,2-9,14H2,1H3. The zero-order chi connectivity index (χ0) is 13.9. The van der Waals surface area contributed by atoms with E-state index in [9.17, 15) is 4.21 Å². The fourth-order valence-electron chi connectivity index (χ4n) is 2.07. The van der Waals surface area contributed by atoms with Crippen molar-refractivity contribution in [2.24, 2.45) is 0 Å². The highest BCUT2D eigenvalue weighted by Crippen LogP contribution is 2.14. The lowest BCUT2D eigenvalue weighted by molar-refractivity contribution is 0.584. The summed E-state index contributed by atoms with van der Waals surface area (Å²) in [4.78, 5) is 0.896. The van der Waals surface area contributed by atoms with Gasteiger partial charge in [0.1, 0.15) is 0 Å². The molecule has 0 aromatic heterocycles. The van der Waals surface area contributed by atoms with Crippen molar-refractivity contribution in [1.29, 1.82) is 0 Å². The molecule has 0 fully saturated rings. The predicted octanol–water partition coefficient (Wildman–Crippen LogP) is 5.59. The first-order chi connectivity index (χ1) is 9.24.